The van der Waals surface area contributed by atoms with Crippen LogP contribution in [-0.4, -0.2) is 26.4 Å². The Hall–Kier alpha value is -4.19. The summed E-state index contributed by atoms with van der Waals surface area (Å²) in [5.41, 5.74) is 15.7. The molecule has 3 aromatic rings. The molecule has 3 rings (SSSR count). The molecule has 144 valence electrons. The lowest BCUT2D eigenvalue weighted by atomic mass is 10.2. The Morgan fingerprint density at radius 2 is 1.56 bits per heavy atom. The van der Waals surface area contributed by atoms with Gasteiger partial charge in [0.2, 0.25) is 0 Å². The van der Waals surface area contributed by atoms with E-state index >= 15 is 0 Å². The first-order valence-corrected chi connectivity index (χ1v) is 7.02. The van der Waals surface area contributed by atoms with Gasteiger partial charge in [0.05, 0.1) is 12.2 Å². The number of hydrogen-bond acceptors (Lipinski definition) is 8. The fourth-order valence-corrected chi connectivity index (χ4v) is 1.42. The third-order valence-electron chi connectivity index (χ3n) is 2.58. The number of nitrogen functional groups attached to an aromatic ring is 3. The second-order valence-corrected chi connectivity index (χ2v) is 4.63. The van der Waals surface area contributed by atoms with Crippen LogP contribution in [0.15, 0.2) is 58.4 Å². The molecule has 0 spiro atoms. The van der Waals surface area contributed by atoms with E-state index in [0.717, 1.165) is 0 Å². The van der Waals surface area contributed by atoms with Crippen molar-refractivity contribution in [2.24, 2.45) is 0 Å². The number of nitrogens with one attached hydrogen (secondary N) is 3. The van der Waals surface area contributed by atoms with Gasteiger partial charge in [0, 0.05) is 18.0 Å². The Labute approximate surface area is 152 Å². The van der Waals surface area contributed by atoms with Crippen LogP contribution in [0.3, 0.4) is 0 Å². The Kier molecular flexibility index (Phi) is 9.61. The number of anilines is 3. The zero-order chi connectivity index (χ0) is 19.5. The minimum Gasteiger partial charge on any atom is -0.545 e. The van der Waals surface area contributed by atoms with Gasteiger partial charge >= 0.3 is 11.4 Å². The van der Waals surface area contributed by atoms with Crippen LogP contribution >= 0.6 is 0 Å². The largest absolute Gasteiger partial charge is 0.545 e. The second kappa shape index (κ2) is 11.4. The molecule has 0 unspecified atom stereocenters. The van der Waals surface area contributed by atoms with E-state index in [4.69, 9.17) is 17.2 Å². The summed E-state index contributed by atoms with van der Waals surface area (Å²) in [7, 11) is 0. The number of benzene rings is 1. The molecule has 0 radical (unpaired) electrons. The maximum Gasteiger partial charge on any atom is 0.495 e. The fourth-order valence-electron chi connectivity index (χ4n) is 1.42. The van der Waals surface area contributed by atoms with Gasteiger partial charge < -0.3 is 32.6 Å². The number of carboxylic acid groups (broad SMARTS) is 1. The second-order valence-electron chi connectivity index (χ2n) is 4.63. The van der Waals surface area contributed by atoms with Crippen molar-refractivity contribution in [2.45, 2.75) is 0 Å². The Balaban J connectivity index is 0.000000372. The van der Waals surface area contributed by atoms with E-state index in [0.29, 0.717) is 17.3 Å². The number of hydrogen-bond donors (Lipinski definition) is 5. The topological polar surface area (TPSA) is 242 Å². The number of nitrogens with two attached hydrogens (primary N) is 3. The first kappa shape index (κ1) is 22.8. The van der Waals surface area contributed by atoms with Gasteiger partial charge in [-0.3, -0.25) is 4.98 Å². The number of nitrogens with zero attached hydrogens (tertiary/aromatic N) is 1. The predicted octanol–water partition coefficient (Wildman–Crippen LogP) is -3.07. The van der Waals surface area contributed by atoms with Crippen LogP contribution in [0.4, 0.5) is 17.3 Å². The predicted molar refractivity (Wildman–Crippen MR) is 96.1 cm³/mol. The smallest absolute Gasteiger partial charge is 0.495 e. The molecule has 2 heterocycles. The molecule has 0 saturated heterocycles. The van der Waals surface area contributed by atoms with Crippen molar-refractivity contribution in [1.29, 1.82) is 0 Å². The van der Waals surface area contributed by atoms with Gasteiger partial charge in [-0.05, 0) is 23.8 Å². The van der Waals surface area contributed by atoms with Crippen molar-refractivity contribution in [3.8, 4) is 0 Å². The van der Waals surface area contributed by atoms with Gasteiger partial charge in [-0.2, -0.15) is 9.78 Å². The van der Waals surface area contributed by atoms with E-state index in [-0.39, 0.29) is 16.7 Å². The van der Waals surface area contributed by atoms with Crippen LogP contribution in [0.1, 0.15) is 10.4 Å². The molecule has 0 aliphatic heterocycles. The van der Waals surface area contributed by atoms with Gasteiger partial charge in [0.25, 0.3) is 0 Å². The average Bonchev–Trinajstić information content (AvgIpc) is 2.56. The van der Waals surface area contributed by atoms with Crippen molar-refractivity contribution < 1.29 is 20.4 Å². The highest BCUT2D eigenvalue weighted by atomic mass is 16.4. The first-order valence-electron chi connectivity index (χ1n) is 7.02. The Bertz CT molecular complexity index is 902. The maximum atomic E-state index is 10.3. The normalized spacial score (nSPS) is 8.74. The van der Waals surface area contributed by atoms with Crippen LogP contribution < -0.4 is 38.7 Å². The van der Waals surface area contributed by atoms with E-state index in [1.54, 1.807) is 6.07 Å². The number of rotatable bonds is 1. The van der Waals surface area contributed by atoms with E-state index in [2.05, 4.69) is 19.9 Å². The summed E-state index contributed by atoms with van der Waals surface area (Å²) in [4.78, 5) is 41.1. The van der Waals surface area contributed by atoms with E-state index in [1.165, 1.54) is 42.7 Å². The molecular formula is C15H19N7O5. The SMILES string of the molecule is Nc1cc[nH+]c(=O)[nH]1.Nc1ccc(C(=O)[O-])cc1.Nc1ccnc(=O)[nH]1.O. The zero-order valence-corrected chi connectivity index (χ0v) is 13.9. The number of aromatic nitrogens is 4. The molecule has 12 heteroatoms. The highest BCUT2D eigenvalue weighted by molar-refractivity contribution is 5.86. The first-order chi connectivity index (χ1) is 12.3. The molecule has 27 heavy (non-hydrogen) atoms. The molecule has 0 fully saturated rings. The van der Waals surface area contributed by atoms with Gasteiger partial charge in [-0.15, -0.1) is 0 Å². The van der Waals surface area contributed by atoms with Crippen molar-refractivity contribution in [1.82, 2.24) is 15.0 Å². The van der Waals surface area contributed by atoms with Crippen molar-refractivity contribution in [3.63, 3.8) is 0 Å². The summed E-state index contributed by atoms with van der Waals surface area (Å²) in [6.45, 7) is 0. The lowest BCUT2D eigenvalue weighted by molar-refractivity contribution is -0.402. The summed E-state index contributed by atoms with van der Waals surface area (Å²) >= 11 is 0. The van der Waals surface area contributed by atoms with E-state index < -0.39 is 11.7 Å². The number of H-pyrrole nitrogens is 3. The molecule has 11 N–H and O–H groups in total. The number of aromatic amines is 3. The number of aromatic carboxylic acids is 1. The van der Waals surface area contributed by atoms with Crippen molar-refractivity contribution in [2.75, 3.05) is 17.2 Å². The molecule has 0 atom stereocenters. The molecule has 0 aliphatic rings. The minimum atomic E-state index is -1.18. The number of carbonyl (C=O) groups excluding carboxylic acids is 1. The highest BCUT2D eigenvalue weighted by Crippen LogP contribution is 2.03. The molecular weight excluding hydrogens is 358 g/mol. The fraction of sp³-hybridized carbons (Fsp3) is 0. The quantitative estimate of drug-likeness (QED) is 0.272. The Morgan fingerprint density at radius 3 is 1.93 bits per heavy atom. The van der Waals surface area contributed by atoms with Crippen LogP contribution in [0.25, 0.3) is 0 Å². The standard InChI is InChI=1S/C7H7NO2.2C4H5N3O.H2O/c8-6-3-1-5(2-4-6)7(9)10;2*5-3-1-2-6-4(8)7-3;/h1-4H,8H2,(H,9,10);2*1-2H,(H3,5,6,7,8);1H2. The zero-order valence-electron chi connectivity index (χ0n) is 13.9. The van der Waals surface area contributed by atoms with Crippen LogP contribution in [-0.2, 0) is 0 Å². The molecule has 0 saturated carbocycles. The lowest BCUT2D eigenvalue weighted by Crippen LogP contribution is -2.28. The summed E-state index contributed by atoms with van der Waals surface area (Å²) in [6, 6.07) is 8.94. The Morgan fingerprint density at radius 1 is 0.963 bits per heavy atom. The summed E-state index contributed by atoms with van der Waals surface area (Å²) in [6.07, 6.45) is 2.84. The molecule has 0 bridgehead atoms. The monoisotopic (exact) mass is 377 g/mol. The van der Waals surface area contributed by atoms with Crippen molar-refractivity contribution >= 4 is 23.3 Å². The molecule has 0 amide bonds. The summed E-state index contributed by atoms with van der Waals surface area (Å²) in [5, 5.41) is 10.2. The average molecular weight is 377 g/mol. The number of carboxylic acids is 1. The number of carbonyl (C=O) groups is 1. The third-order valence-corrected chi connectivity index (χ3v) is 2.58. The molecule has 1 aromatic carbocycles. The van der Waals surface area contributed by atoms with Gasteiger partial charge in [0.1, 0.15) is 5.82 Å². The third kappa shape index (κ3) is 9.63. The van der Waals surface area contributed by atoms with Gasteiger partial charge in [0.15, 0.2) is 5.82 Å². The minimum absolute atomic E-state index is 0. The van der Waals surface area contributed by atoms with Crippen LogP contribution in [0.2, 0.25) is 0 Å². The highest BCUT2D eigenvalue weighted by Gasteiger charge is 1.90. The van der Waals surface area contributed by atoms with Gasteiger partial charge in [-0.25, -0.2) is 14.8 Å². The van der Waals surface area contributed by atoms with Crippen LogP contribution in [0.5, 0.6) is 0 Å². The van der Waals surface area contributed by atoms with E-state index in [1.807, 2.05) is 0 Å². The summed E-state index contributed by atoms with van der Waals surface area (Å²) in [5.74, 6) is -0.473. The molecule has 12 nitrogen and oxygen atoms in total. The van der Waals surface area contributed by atoms with E-state index in [9.17, 15) is 19.5 Å². The molecule has 0 aliphatic carbocycles. The summed E-state index contributed by atoms with van der Waals surface area (Å²) < 4.78 is 0. The van der Waals surface area contributed by atoms with Gasteiger partial charge in [-0.1, -0.05) is 12.1 Å². The molecule has 2 aromatic heterocycles. The van der Waals surface area contributed by atoms with Crippen LogP contribution in [0, 0.1) is 0 Å². The maximum absolute atomic E-state index is 10.3. The lowest BCUT2D eigenvalue weighted by Gasteiger charge is -2.00. The van der Waals surface area contributed by atoms with Crippen molar-refractivity contribution in [3.05, 3.63) is 75.3 Å².